The van der Waals surface area contributed by atoms with E-state index in [0.29, 0.717) is 21.7 Å². The number of halogens is 2. The molecule has 0 N–H and O–H groups in total. The van der Waals surface area contributed by atoms with Crippen molar-refractivity contribution in [1.82, 2.24) is 4.98 Å². The van der Waals surface area contributed by atoms with Crippen molar-refractivity contribution < 1.29 is 4.74 Å². The van der Waals surface area contributed by atoms with Gasteiger partial charge in [0.15, 0.2) is 0 Å². The third kappa shape index (κ3) is 2.46. The SMILES string of the molecule is Cc1c(Cl)cccc1Oc1ccc(Cl)cn1. The molecule has 0 radical (unpaired) electrons. The van der Waals surface area contributed by atoms with E-state index in [0.717, 1.165) is 5.56 Å². The lowest BCUT2D eigenvalue weighted by molar-refractivity contribution is 0.459. The molecular weight excluding hydrogens is 245 g/mol. The van der Waals surface area contributed by atoms with Crippen molar-refractivity contribution >= 4 is 23.2 Å². The lowest BCUT2D eigenvalue weighted by atomic mass is 10.2. The molecule has 2 aromatic rings. The van der Waals surface area contributed by atoms with E-state index < -0.39 is 0 Å². The van der Waals surface area contributed by atoms with Gasteiger partial charge in [-0.15, -0.1) is 0 Å². The van der Waals surface area contributed by atoms with Crippen molar-refractivity contribution in [3.8, 4) is 11.6 Å². The number of nitrogens with zero attached hydrogens (tertiary/aromatic N) is 1. The summed E-state index contributed by atoms with van der Waals surface area (Å²) >= 11 is 11.7. The van der Waals surface area contributed by atoms with Crippen LogP contribution in [-0.2, 0) is 0 Å². The van der Waals surface area contributed by atoms with E-state index >= 15 is 0 Å². The van der Waals surface area contributed by atoms with Crippen LogP contribution in [0.3, 0.4) is 0 Å². The molecule has 1 aromatic heterocycles. The molecule has 2 nitrogen and oxygen atoms in total. The van der Waals surface area contributed by atoms with Crippen LogP contribution in [-0.4, -0.2) is 4.98 Å². The number of ether oxygens (including phenoxy) is 1. The average Bonchev–Trinajstić information content (AvgIpc) is 2.28. The summed E-state index contributed by atoms with van der Waals surface area (Å²) in [6.45, 7) is 1.90. The maximum absolute atomic E-state index is 5.98. The first kappa shape index (κ1) is 11.2. The minimum atomic E-state index is 0.495. The zero-order valence-electron chi connectivity index (χ0n) is 8.58. The van der Waals surface area contributed by atoms with Gasteiger partial charge in [-0.3, -0.25) is 0 Å². The third-order valence-electron chi connectivity index (χ3n) is 2.13. The van der Waals surface area contributed by atoms with Crippen LogP contribution in [0.1, 0.15) is 5.56 Å². The van der Waals surface area contributed by atoms with Gasteiger partial charge in [0.25, 0.3) is 0 Å². The van der Waals surface area contributed by atoms with E-state index in [4.69, 9.17) is 27.9 Å². The second-order valence-corrected chi connectivity index (χ2v) is 4.12. The maximum Gasteiger partial charge on any atom is 0.219 e. The molecule has 1 aromatic carbocycles. The number of hydrogen-bond donors (Lipinski definition) is 0. The van der Waals surface area contributed by atoms with Crippen LogP contribution < -0.4 is 4.74 Å². The van der Waals surface area contributed by atoms with Gasteiger partial charge in [-0.25, -0.2) is 4.98 Å². The highest BCUT2D eigenvalue weighted by molar-refractivity contribution is 6.31. The average molecular weight is 254 g/mol. The highest BCUT2D eigenvalue weighted by Gasteiger charge is 2.04. The minimum absolute atomic E-state index is 0.495. The molecule has 0 bridgehead atoms. The Bertz CT molecular complexity index is 497. The summed E-state index contributed by atoms with van der Waals surface area (Å²) < 4.78 is 5.59. The number of hydrogen-bond acceptors (Lipinski definition) is 2. The molecule has 0 fully saturated rings. The summed E-state index contributed by atoms with van der Waals surface area (Å²) in [6, 6.07) is 8.93. The lowest BCUT2D eigenvalue weighted by Gasteiger charge is -2.08. The summed E-state index contributed by atoms with van der Waals surface area (Å²) in [7, 11) is 0. The van der Waals surface area contributed by atoms with Crippen molar-refractivity contribution in [3.05, 3.63) is 52.1 Å². The number of aromatic nitrogens is 1. The quantitative estimate of drug-likeness (QED) is 0.787. The van der Waals surface area contributed by atoms with Gasteiger partial charge in [-0.2, -0.15) is 0 Å². The van der Waals surface area contributed by atoms with Crippen molar-refractivity contribution in [1.29, 1.82) is 0 Å². The van der Waals surface area contributed by atoms with Crippen LogP contribution in [0.15, 0.2) is 36.5 Å². The topological polar surface area (TPSA) is 22.1 Å². The molecule has 0 spiro atoms. The molecule has 82 valence electrons. The van der Waals surface area contributed by atoms with E-state index in [1.165, 1.54) is 6.20 Å². The number of rotatable bonds is 2. The Morgan fingerprint density at radius 2 is 1.94 bits per heavy atom. The molecule has 0 amide bonds. The summed E-state index contributed by atoms with van der Waals surface area (Å²) in [5, 5.41) is 1.25. The van der Waals surface area contributed by atoms with Crippen molar-refractivity contribution in [3.63, 3.8) is 0 Å². The van der Waals surface area contributed by atoms with Gasteiger partial charge in [0.2, 0.25) is 5.88 Å². The monoisotopic (exact) mass is 253 g/mol. The molecule has 0 saturated carbocycles. The van der Waals surface area contributed by atoms with Crippen molar-refractivity contribution in [2.75, 3.05) is 0 Å². The standard InChI is InChI=1S/C12H9Cl2NO/c1-8-10(14)3-2-4-11(8)16-12-6-5-9(13)7-15-12/h2-7H,1H3. The molecular formula is C12H9Cl2NO. The van der Waals surface area contributed by atoms with Gasteiger partial charge >= 0.3 is 0 Å². The van der Waals surface area contributed by atoms with Gasteiger partial charge in [-0.05, 0) is 25.1 Å². The fourth-order valence-electron chi connectivity index (χ4n) is 1.23. The molecule has 0 unspecified atom stereocenters. The Labute approximate surface area is 104 Å². The van der Waals surface area contributed by atoms with Gasteiger partial charge in [0.1, 0.15) is 5.75 Å². The molecule has 2 rings (SSSR count). The zero-order chi connectivity index (χ0) is 11.5. The smallest absolute Gasteiger partial charge is 0.219 e. The van der Waals surface area contributed by atoms with E-state index in [1.54, 1.807) is 12.1 Å². The number of pyridine rings is 1. The van der Waals surface area contributed by atoms with Gasteiger partial charge in [-0.1, -0.05) is 29.3 Å². The predicted octanol–water partition coefficient (Wildman–Crippen LogP) is 4.49. The second-order valence-electron chi connectivity index (χ2n) is 3.28. The molecule has 0 aliphatic heterocycles. The van der Waals surface area contributed by atoms with Gasteiger partial charge in [0, 0.05) is 22.8 Å². The molecule has 16 heavy (non-hydrogen) atoms. The van der Waals surface area contributed by atoms with Crippen molar-refractivity contribution in [2.45, 2.75) is 6.92 Å². The van der Waals surface area contributed by atoms with Crippen LogP contribution in [0.4, 0.5) is 0 Å². The normalized spacial score (nSPS) is 10.2. The van der Waals surface area contributed by atoms with Crippen LogP contribution in [0.25, 0.3) is 0 Å². The largest absolute Gasteiger partial charge is 0.439 e. The highest BCUT2D eigenvalue weighted by Crippen LogP contribution is 2.28. The summed E-state index contributed by atoms with van der Waals surface area (Å²) in [5.41, 5.74) is 0.890. The molecule has 4 heteroatoms. The minimum Gasteiger partial charge on any atom is -0.439 e. The summed E-state index contributed by atoms with van der Waals surface area (Å²) in [6.07, 6.45) is 1.54. The fourth-order valence-corrected chi connectivity index (χ4v) is 1.51. The molecule has 0 atom stereocenters. The molecule has 0 aliphatic rings. The molecule has 0 saturated heterocycles. The zero-order valence-corrected chi connectivity index (χ0v) is 10.1. The third-order valence-corrected chi connectivity index (χ3v) is 2.77. The lowest BCUT2D eigenvalue weighted by Crippen LogP contribution is -1.90. The van der Waals surface area contributed by atoms with Crippen LogP contribution in [0.2, 0.25) is 10.0 Å². The maximum atomic E-state index is 5.98. The first-order valence-corrected chi connectivity index (χ1v) is 5.47. The molecule has 0 aliphatic carbocycles. The Balaban J connectivity index is 2.27. The van der Waals surface area contributed by atoms with Gasteiger partial charge in [0.05, 0.1) is 5.02 Å². The second kappa shape index (κ2) is 4.73. The first-order chi connectivity index (χ1) is 7.66. The highest BCUT2D eigenvalue weighted by atomic mass is 35.5. The Morgan fingerprint density at radius 1 is 1.12 bits per heavy atom. The Hall–Kier alpha value is -1.25. The van der Waals surface area contributed by atoms with Gasteiger partial charge < -0.3 is 4.74 Å². The number of benzene rings is 1. The fraction of sp³-hybridized carbons (Fsp3) is 0.0833. The molecule has 1 heterocycles. The van der Waals surface area contributed by atoms with E-state index in [1.807, 2.05) is 25.1 Å². The van der Waals surface area contributed by atoms with E-state index in [-0.39, 0.29) is 0 Å². The van der Waals surface area contributed by atoms with Crippen LogP contribution in [0, 0.1) is 6.92 Å². The van der Waals surface area contributed by atoms with Crippen LogP contribution >= 0.6 is 23.2 Å². The summed E-state index contributed by atoms with van der Waals surface area (Å²) in [5.74, 6) is 1.19. The predicted molar refractivity (Wildman–Crippen MR) is 65.5 cm³/mol. The Kier molecular flexibility index (Phi) is 3.32. The first-order valence-electron chi connectivity index (χ1n) is 4.71. The van der Waals surface area contributed by atoms with Crippen LogP contribution in [0.5, 0.6) is 11.6 Å². The van der Waals surface area contributed by atoms with E-state index in [9.17, 15) is 0 Å². The van der Waals surface area contributed by atoms with Crippen molar-refractivity contribution in [2.24, 2.45) is 0 Å². The Morgan fingerprint density at radius 3 is 2.62 bits per heavy atom. The summed E-state index contributed by atoms with van der Waals surface area (Å²) in [4.78, 5) is 4.05. The van der Waals surface area contributed by atoms with E-state index in [2.05, 4.69) is 4.98 Å².